The molecule has 0 saturated heterocycles. The summed E-state index contributed by atoms with van der Waals surface area (Å²) in [5.41, 5.74) is 1.72. The maximum Gasteiger partial charge on any atom is 0.338 e. The highest BCUT2D eigenvalue weighted by atomic mass is 28.3. The molecule has 0 aliphatic carbocycles. The van der Waals surface area contributed by atoms with Crippen LogP contribution in [0, 0.1) is 12.7 Å². The number of rotatable bonds is 7. The van der Waals surface area contributed by atoms with Crippen molar-refractivity contribution in [2.24, 2.45) is 0 Å². The molecule has 2 aromatic rings. The lowest BCUT2D eigenvalue weighted by atomic mass is 10.00. The average molecular weight is 350 g/mol. The number of carboxylic acid groups (broad SMARTS) is 1. The van der Waals surface area contributed by atoms with E-state index in [0.717, 1.165) is 11.6 Å². The molecular formula is C17H23FN2O3Si. The molecule has 0 spiro atoms. The van der Waals surface area contributed by atoms with Gasteiger partial charge in [-0.25, -0.2) is 13.9 Å². The van der Waals surface area contributed by atoms with Crippen molar-refractivity contribution in [1.29, 1.82) is 0 Å². The third-order valence-electron chi connectivity index (χ3n) is 3.71. The van der Waals surface area contributed by atoms with Gasteiger partial charge in [0.1, 0.15) is 12.5 Å². The highest BCUT2D eigenvalue weighted by Gasteiger charge is 2.15. The van der Waals surface area contributed by atoms with Crippen LogP contribution >= 0.6 is 0 Å². The van der Waals surface area contributed by atoms with E-state index in [9.17, 15) is 9.18 Å². The lowest BCUT2D eigenvalue weighted by Crippen LogP contribution is -2.22. The fourth-order valence-electron chi connectivity index (χ4n) is 2.26. The van der Waals surface area contributed by atoms with Crippen LogP contribution in [0.4, 0.5) is 4.39 Å². The molecule has 0 saturated carbocycles. The number of nitrogens with zero attached hydrogens (tertiary/aromatic N) is 2. The Balaban J connectivity index is 2.10. The summed E-state index contributed by atoms with van der Waals surface area (Å²) in [5.74, 6) is -2.01. The fraction of sp³-hybridized carbons (Fsp3) is 0.412. The van der Waals surface area contributed by atoms with Gasteiger partial charge in [-0.1, -0.05) is 19.6 Å². The second-order valence-electron chi connectivity index (χ2n) is 7.07. The van der Waals surface area contributed by atoms with Gasteiger partial charge in [0, 0.05) is 26.4 Å². The van der Waals surface area contributed by atoms with Crippen molar-refractivity contribution in [3.63, 3.8) is 0 Å². The minimum absolute atomic E-state index is 0.338. The Morgan fingerprint density at radius 3 is 2.71 bits per heavy atom. The molecule has 0 atom stereocenters. The second kappa shape index (κ2) is 7.27. The number of benzene rings is 1. The van der Waals surface area contributed by atoms with Crippen molar-refractivity contribution in [2.75, 3.05) is 6.61 Å². The summed E-state index contributed by atoms with van der Waals surface area (Å²) in [6.07, 6.45) is 3.41. The predicted octanol–water partition coefficient (Wildman–Crippen LogP) is 4.01. The Labute approximate surface area is 142 Å². The van der Waals surface area contributed by atoms with E-state index in [1.807, 2.05) is 0 Å². The molecule has 1 aromatic carbocycles. The number of aromatic nitrogens is 2. The standard InChI is InChI=1S/C17H23FN2O3Si/c1-12-7-16(18)15(17(21)22)8-14(12)13-9-19-20(10-13)11-23-5-6-24(2,3)4/h7-10H,5-6,11H2,1-4H3,(H,21,22). The lowest BCUT2D eigenvalue weighted by Gasteiger charge is -2.15. The van der Waals surface area contributed by atoms with Crippen molar-refractivity contribution in [1.82, 2.24) is 9.78 Å². The van der Waals surface area contributed by atoms with Crippen LogP contribution < -0.4 is 0 Å². The molecule has 2 rings (SSSR count). The smallest absolute Gasteiger partial charge is 0.338 e. The van der Waals surface area contributed by atoms with Crippen LogP contribution in [-0.2, 0) is 11.5 Å². The van der Waals surface area contributed by atoms with Gasteiger partial charge in [-0.3, -0.25) is 0 Å². The van der Waals surface area contributed by atoms with E-state index in [1.165, 1.54) is 12.1 Å². The van der Waals surface area contributed by atoms with Crippen LogP contribution in [0.1, 0.15) is 15.9 Å². The molecule has 0 bridgehead atoms. The van der Waals surface area contributed by atoms with E-state index < -0.39 is 19.9 Å². The van der Waals surface area contributed by atoms with Crippen LogP contribution in [0.2, 0.25) is 25.7 Å². The molecule has 1 aromatic heterocycles. The molecule has 0 radical (unpaired) electrons. The van der Waals surface area contributed by atoms with Crippen molar-refractivity contribution in [3.05, 3.63) is 41.5 Å². The second-order valence-corrected chi connectivity index (χ2v) is 12.7. The minimum Gasteiger partial charge on any atom is -0.478 e. The van der Waals surface area contributed by atoms with E-state index in [-0.39, 0.29) is 5.56 Å². The molecule has 1 N–H and O–H groups in total. The van der Waals surface area contributed by atoms with Crippen molar-refractivity contribution in [3.8, 4) is 11.1 Å². The zero-order valence-corrected chi connectivity index (χ0v) is 15.5. The first-order chi connectivity index (χ1) is 11.2. The van der Waals surface area contributed by atoms with Crippen molar-refractivity contribution in [2.45, 2.75) is 39.3 Å². The monoisotopic (exact) mass is 350 g/mol. The number of halogens is 1. The third-order valence-corrected chi connectivity index (χ3v) is 5.41. The van der Waals surface area contributed by atoms with E-state index in [4.69, 9.17) is 9.84 Å². The maximum atomic E-state index is 13.7. The molecule has 0 aliphatic rings. The Morgan fingerprint density at radius 1 is 1.38 bits per heavy atom. The van der Waals surface area contributed by atoms with Gasteiger partial charge in [-0.2, -0.15) is 5.10 Å². The van der Waals surface area contributed by atoms with Crippen molar-refractivity contribution >= 4 is 14.0 Å². The van der Waals surface area contributed by atoms with Crippen LogP contribution in [0.3, 0.4) is 0 Å². The van der Waals surface area contributed by atoms with Gasteiger partial charge in [0.25, 0.3) is 0 Å². The quantitative estimate of drug-likeness (QED) is 0.605. The first-order valence-electron chi connectivity index (χ1n) is 7.81. The minimum atomic E-state index is -1.28. The number of carbonyl (C=O) groups is 1. The molecule has 0 fully saturated rings. The van der Waals surface area contributed by atoms with Gasteiger partial charge >= 0.3 is 5.97 Å². The summed E-state index contributed by atoms with van der Waals surface area (Å²) in [5, 5.41) is 13.3. The molecular weight excluding hydrogens is 327 g/mol. The zero-order chi connectivity index (χ0) is 17.9. The van der Waals surface area contributed by atoms with Gasteiger partial charge in [-0.15, -0.1) is 0 Å². The van der Waals surface area contributed by atoms with Gasteiger partial charge in [0.2, 0.25) is 0 Å². The van der Waals surface area contributed by atoms with Crippen LogP contribution in [-0.4, -0.2) is 35.5 Å². The summed E-state index contributed by atoms with van der Waals surface area (Å²) in [7, 11) is -1.12. The summed E-state index contributed by atoms with van der Waals surface area (Å²) < 4.78 is 21.0. The lowest BCUT2D eigenvalue weighted by molar-refractivity contribution is 0.0692. The summed E-state index contributed by atoms with van der Waals surface area (Å²) in [6, 6.07) is 3.67. The third kappa shape index (κ3) is 4.75. The predicted molar refractivity (Wildman–Crippen MR) is 93.4 cm³/mol. The largest absolute Gasteiger partial charge is 0.478 e. The number of aromatic carboxylic acids is 1. The van der Waals surface area contributed by atoms with Crippen LogP contribution in [0.5, 0.6) is 0 Å². The molecule has 130 valence electrons. The Kier molecular flexibility index (Phi) is 5.56. The van der Waals surface area contributed by atoms with E-state index in [1.54, 1.807) is 24.0 Å². The number of carboxylic acids is 1. The Bertz CT molecular complexity index is 738. The van der Waals surface area contributed by atoms with E-state index in [0.29, 0.717) is 24.5 Å². The number of hydrogen-bond donors (Lipinski definition) is 1. The van der Waals surface area contributed by atoms with Gasteiger partial charge in [0.05, 0.1) is 11.8 Å². The molecule has 0 unspecified atom stereocenters. The fourth-order valence-corrected chi connectivity index (χ4v) is 3.01. The van der Waals surface area contributed by atoms with Gasteiger partial charge in [0.15, 0.2) is 0 Å². The Hall–Kier alpha value is -1.99. The topological polar surface area (TPSA) is 64.3 Å². The van der Waals surface area contributed by atoms with Crippen LogP contribution in [0.25, 0.3) is 11.1 Å². The summed E-state index contributed by atoms with van der Waals surface area (Å²) in [6.45, 7) is 9.66. The Morgan fingerprint density at radius 2 is 2.08 bits per heavy atom. The number of ether oxygens (including phenoxy) is 1. The SMILES string of the molecule is Cc1cc(F)c(C(=O)O)cc1-c1cnn(COCC[Si](C)(C)C)c1. The molecule has 5 nitrogen and oxygen atoms in total. The number of hydrogen-bond acceptors (Lipinski definition) is 3. The molecule has 0 aliphatic heterocycles. The zero-order valence-electron chi connectivity index (χ0n) is 14.5. The first-order valence-corrected chi connectivity index (χ1v) is 11.5. The summed E-state index contributed by atoms with van der Waals surface area (Å²) in [4.78, 5) is 11.1. The van der Waals surface area contributed by atoms with Crippen LogP contribution in [0.15, 0.2) is 24.5 Å². The highest BCUT2D eigenvalue weighted by Crippen LogP contribution is 2.26. The highest BCUT2D eigenvalue weighted by molar-refractivity contribution is 6.76. The van der Waals surface area contributed by atoms with E-state index >= 15 is 0 Å². The van der Waals surface area contributed by atoms with Gasteiger partial charge < -0.3 is 9.84 Å². The van der Waals surface area contributed by atoms with Gasteiger partial charge in [-0.05, 0) is 36.2 Å². The average Bonchev–Trinajstić information content (AvgIpc) is 2.91. The molecule has 0 amide bonds. The normalized spacial score (nSPS) is 11.7. The van der Waals surface area contributed by atoms with Crippen molar-refractivity contribution < 1.29 is 19.0 Å². The molecule has 24 heavy (non-hydrogen) atoms. The molecule has 7 heteroatoms. The number of aryl methyl sites for hydroxylation is 1. The summed E-state index contributed by atoms with van der Waals surface area (Å²) >= 11 is 0. The maximum absolute atomic E-state index is 13.7. The van der Waals surface area contributed by atoms with E-state index in [2.05, 4.69) is 24.7 Å². The first kappa shape index (κ1) is 18.3. The molecule has 1 heterocycles.